The van der Waals surface area contributed by atoms with Gasteiger partial charge in [-0.25, -0.2) is 8.78 Å². The molecule has 0 aliphatic carbocycles. The maximum atomic E-state index is 13.1. The molecule has 10 nitrogen and oxygen atoms in total. The molecule has 4 atom stereocenters. The minimum Gasteiger partial charge on any atom is -0.351 e. The molecule has 0 spiro atoms. The van der Waals surface area contributed by atoms with E-state index in [9.17, 15) is 18.4 Å². The van der Waals surface area contributed by atoms with Gasteiger partial charge in [-0.15, -0.1) is 0 Å². The molecular formula is C46H58F2N8O2. The molecule has 12 heteroatoms. The van der Waals surface area contributed by atoms with Crippen LogP contribution < -0.4 is 33.6 Å². The number of carbonyl (C=O) groups is 2. The Morgan fingerprint density at radius 3 is 1.21 bits per heavy atom. The predicted molar refractivity (Wildman–Crippen MR) is 232 cm³/mol. The fraction of sp³-hybridized carbons (Fsp3) is 0.348. The number of hydrogen-bond donors (Lipinski definition) is 8. The number of amides is 2. The van der Waals surface area contributed by atoms with E-state index in [1.54, 1.807) is 24.3 Å². The van der Waals surface area contributed by atoms with Crippen molar-refractivity contribution in [3.63, 3.8) is 0 Å². The van der Waals surface area contributed by atoms with E-state index in [2.05, 4.69) is 48.3 Å². The number of aromatic amines is 2. The van der Waals surface area contributed by atoms with Gasteiger partial charge >= 0.3 is 0 Å². The maximum Gasteiger partial charge on any atom is 0.267 e. The largest absolute Gasteiger partial charge is 0.351 e. The highest BCUT2D eigenvalue weighted by Crippen LogP contribution is 2.27. The van der Waals surface area contributed by atoms with Gasteiger partial charge in [-0.2, -0.15) is 0 Å². The maximum absolute atomic E-state index is 13.1. The SMILES string of the molecule is CC(C)C(N)CC[C@H](N)CNC(=O)c1cc2cc(-c3ccc(F)cc3)ccc2[nH]1.CC(C)C(N)CC[C@H](N)CNC(=O)c1cc2cc(-c3ccc(F)cc3)ccc2[nH]1. The molecule has 0 aliphatic heterocycles. The first kappa shape index (κ1) is 43.7. The van der Waals surface area contributed by atoms with Crippen molar-refractivity contribution in [2.75, 3.05) is 13.1 Å². The average Bonchev–Trinajstić information content (AvgIpc) is 3.85. The molecule has 12 N–H and O–H groups in total. The van der Waals surface area contributed by atoms with Crippen molar-refractivity contribution in [1.29, 1.82) is 0 Å². The van der Waals surface area contributed by atoms with Crippen molar-refractivity contribution >= 4 is 33.6 Å². The zero-order valence-electron chi connectivity index (χ0n) is 33.8. The lowest BCUT2D eigenvalue weighted by molar-refractivity contribution is 0.0938. The smallest absolute Gasteiger partial charge is 0.267 e. The first-order valence-corrected chi connectivity index (χ1v) is 20.0. The molecule has 6 aromatic rings. The highest BCUT2D eigenvalue weighted by atomic mass is 19.1. The fourth-order valence-electron chi connectivity index (χ4n) is 6.48. The Hall–Kier alpha value is -5.40. The molecule has 2 unspecified atom stereocenters. The van der Waals surface area contributed by atoms with Gasteiger partial charge in [-0.3, -0.25) is 9.59 Å². The van der Waals surface area contributed by atoms with Crippen molar-refractivity contribution in [2.45, 2.75) is 77.5 Å². The van der Waals surface area contributed by atoms with E-state index < -0.39 is 0 Å². The van der Waals surface area contributed by atoms with Crippen LogP contribution in [0.1, 0.15) is 74.4 Å². The molecule has 0 saturated heterocycles. The number of carbonyl (C=O) groups excluding carboxylic acids is 2. The second-order valence-corrected chi connectivity index (χ2v) is 15.9. The van der Waals surface area contributed by atoms with Crippen LogP contribution in [0.4, 0.5) is 8.78 Å². The van der Waals surface area contributed by atoms with Crippen LogP contribution in [0.25, 0.3) is 44.1 Å². The molecule has 0 radical (unpaired) electrons. The van der Waals surface area contributed by atoms with E-state index in [1.807, 2.05) is 48.5 Å². The standard InChI is InChI=1S/2C23H29FN4O/c2*1-14(2)20(26)9-8-19(25)13-27-23(29)22-12-17-11-16(5-10-21(17)28-22)15-3-6-18(24)7-4-15/h2*3-7,10-12,14,19-20,28H,8-9,13,25-26H2,1-2H3,(H,27,29)/t2*19-,20?/m00/s1. The molecule has 308 valence electrons. The van der Waals surface area contributed by atoms with E-state index in [1.165, 1.54) is 24.3 Å². The van der Waals surface area contributed by atoms with E-state index >= 15 is 0 Å². The number of rotatable bonds is 16. The van der Waals surface area contributed by atoms with Crippen LogP contribution in [0.3, 0.4) is 0 Å². The Bertz CT molecular complexity index is 2090. The summed E-state index contributed by atoms with van der Waals surface area (Å²) < 4.78 is 26.3. The quantitative estimate of drug-likeness (QED) is 0.0498. The third kappa shape index (κ3) is 12.3. The van der Waals surface area contributed by atoms with Crippen LogP contribution in [0.15, 0.2) is 97.1 Å². The third-order valence-corrected chi connectivity index (χ3v) is 10.6. The van der Waals surface area contributed by atoms with Gasteiger partial charge in [0.1, 0.15) is 23.0 Å². The summed E-state index contributed by atoms with van der Waals surface area (Å²) in [5, 5.41) is 7.62. The zero-order chi connectivity index (χ0) is 41.9. The van der Waals surface area contributed by atoms with Crippen molar-refractivity contribution in [1.82, 2.24) is 20.6 Å². The molecule has 0 fully saturated rings. The second kappa shape index (κ2) is 20.3. The summed E-state index contributed by atoms with van der Waals surface area (Å²) in [5.74, 6) is -0.0631. The summed E-state index contributed by atoms with van der Waals surface area (Å²) >= 11 is 0. The Balaban J connectivity index is 0.000000221. The van der Waals surface area contributed by atoms with Crippen molar-refractivity contribution in [2.24, 2.45) is 34.8 Å². The summed E-state index contributed by atoms with van der Waals surface area (Å²) in [5.41, 5.74) is 30.8. The van der Waals surface area contributed by atoms with Gasteiger partial charge in [0, 0.05) is 59.1 Å². The number of fused-ring (bicyclic) bond motifs is 2. The summed E-state index contributed by atoms with van der Waals surface area (Å²) in [6.07, 6.45) is 3.22. The van der Waals surface area contributed by atoms with E-state index in [0.717, 1.165) is 69.7 Å². The second-order valence-electron chi connectivity index (χ2n) is 15.9. The van der Waals surface area contributed by atoms with Gasteiger partial charge in [0.25, 0.3) is 11.8 Å². The molecule has 2 aromatic heterocycles. The molecule has 2 amide bonds. The van der Waals surface area contributed by atoms with Crippen molar-refractivity contribution in [3.8, 4) is 22.3 Å². The lowest BCUT2D eigenvalue weighted by Gasteiger charge is -2.18. The van der Waals surface area contributed by atoms with E-state index in [-0.39, 0.29) is 47.6 Å². The lowest BCUT2D eigenvalue weighted by atomic mass is 9.98. The zero-order valence-corrected chi connectivity index (χ0v) is 33.8. The monoisotopic (exact) mass is 792 g/mol. The van der Waals surface area contributed by atoms with Gasteiger partial charge in [-0.05, 0) is 120 Å². The molecule has 0 saturated carbocycles. The van der Waals surface area contributed by atoms with Crippen LogP contribution in [0.2, 0.25) is 0 Å². The minimum atomic E-state index is -0.264. The van der Waals surface area contributed by atoms with E-state index in [0.29, 0.717) is 36.3 Å². The average molecular weight is 793 g/mol. The van der Waals surface area contributed by atoms with E-state index in [4.69, 9.17) is 22.9 Å². The number of aromatic nitrogens is 2. The molecule has 58 heavy (non-hydrogen) atoms. The third-order valence-electron chi connectivity index (χ3n) is 10.6. The highest BCUT2D eigenvalue weighted by Gasteiger charge is 2.16. The van der Waals surface area contributed by atoms with Crippen LogP contribution in [0, 0.1) is 23.5 Å². The Morgan fingerprint density at radius 2 is 0.862 bits per heavy atom. The predicted octanol–water partition coefficient (Wildman–Crippen LogP) is 7.59. The van der Waals surface area contributed by atoms with Crippen LogP contribution in [-0.2, 0) is 0 Å². The molecule has 2 heterocycles. The summed E-state index contributed by atoms with van der Waals surface area (Å²) in [6, 6.07) is 28.0. The molecule has 0 aliphatic rings. The van der Waals surface area contributed by atoms with Gasteiger partial charge in [-0.1, -0.05) is 64.1 Å². The Kier molecular flexibility index (Phi) is 15.3. The summed E-state index contributed by atoms with van der Waals surface area (Å²) in [4.78, 5) is 31.3. The summed E-state index contributed by atoms with van der Waals surface area (Å²) in [6.45, 7) is 9.18. The number of halogens is 2. The number of hydrogen-bond acceptors (Lipinski definition) is 6. The normalized spacial score (nSPS) is 13.6. The van der Waals surface area contributed by atoms with Crippen LogP contribution in [0.5, 0.6) is 0 Å². The molecule has 6 rings (SSSR count). The lowest BCUT2D eigenvalue weighted by Crippen LogP contribution is -2.39. The molecular weight excluding hydrogens is 735 g/mol. The Morgan fingerprint density at radius 1 is 0.517 bits per heavy atom. The van der Waals surface area contributed by atoms with Gasteiger partial charge in [0.2, 0.25) is 0 Å². The van der Waals surface area contributed by atoms with Crippen LogP contribution >= 0.6 is 0 Å². The topological polar surface area (TPSA) is 194 Å². The Labute approximate surface area is 339 Å². The van der Waals surface area contributed by atoms with Crippen LogP contribution in [-0.4, -0.2) is 59.0 Å². The van der Waals surface area contributed by atoms with Gasteiger partial charge in [0.15, 0.2) is 0 Å². The van der Waals surface area contributed by atoms with Gasteiger partial charge in [0.05, 0.1) is 0 Å². The minimum absolute atomic E-state index is 0.126. The highest BCUT2D eigenvalue weighted by molar-refractivity contribution is 6.00. The first-order chi connectivity index (χ1) is 27.7. The van der Waals surface area contributed by atoms with Gasteiger partial charge < -0.3 is 43.5 Å². The number of nitrogens with two attached hydrogens (primary N) is 4. The summed E-state index contributed by atoms with van der Waals surface area (Å²) in [7, 11) is 0. The van der Waals surface area contributed by atoms with Crippen molar-refractivity contribution in [3.05, 3.63) is 120 Å². The fourth-order valence-corrected chi connectivity index (χ4v) is 6.48. The number of benzene rings is 4. The molecule has 4 aromatic carbocycles. The first-order valence-electron chi connectivity index (χ1n) is 20.0. The molecule has 0 bridgehead atoms. The number of nitrogens with one attached hydrogen (secondary N) is 4. The van der Waals surface area contributed by atoms with Crippen molar-refractivity contribution < 1.29 is 18.4 Å². The number of H-pyrrole nitrogens is 2.